The molecule has 2 aromatic carbocycles. The summed E-state index contributed by atoms with van der Waals surface area (Å²) in [5.41, 5.74) is 5.02. The first kappa shape index (κ1) is 28.8. The number of nitrogens with one attached hydrogen (secondary N) is 1. The zero-order valence-electron chi connectivity index (χ0n) is 22.7. The molecule has 4 rings (SSSR count). The molecule has 1 aliphatic rings. The van der Waals surface area contributed by atoms with Gasteiger partial charge >= 0.3 is 6.03 Å². The Hall–Kier alpha value is -4.18. The van der Waals surface area contributed by atoms with Gasteiger partial charge in [0.1, 0.15) is 34.5 Å². The number of halogens is 1. The minimum absolute atomic E-state index is 0.0991. The second-order valence-electron chi connectivity index (χ2n) is 10.1. The van der Waals surface area contributed by atoms with Crippen molar-refractivity contribution in [2.45, 2.75) is 51.6 Å². The van der Waals surface area contributed by atoms with Crippen LogP contribution in [0.25, 0.3) is 0 Å². The molecule has 0 radical (unpaired) electrons. The number of piperidine rings is 1. The van der Waals surface area contributed by atoms with E-state index in [0.717, 1.165) is 19.3 Å². The lowest BCUT2D eigenvalue weighted by molar-refractivity contribution is -0.0309. The van der Waals surface area contributed by atoms with Crippen molar-refractivity contribution >= 4 is 17.6 Å². The van der Waals surface area contributed by atoms with Gasteiger partial charge in [-0.3, -0.25) is 4.79 Å². The number of nitrogens with two attached hydrogens (primary N) is 1. The number of aromatic nitrogens is 1. The molecule has 0 saturated carbocycles. The molecular formula is C30H35FN4O5. The van der Waals surface area contributed by atoms with Gasteiger partial charge in [0.2, 0.25) is 0 Å². The van der Waals surface area contributed by atoms with Crippen molar-refractivity contribution in [3.8, 4) is 23.0 Å². The summed E-state index contributed by atoms with van der Waals surface area (Å²) in [6, 6.07) is 13.1. The van der Waals surface area contributed by atoms with Gasteiger partial charge in [0.25, 0.3) is 5.91 Å². The van der Waals surface area contributed by atoms with Gasteiger partial charge in [0, 0.05) is 37.0 Å². The van der Waals surface area contributed by atoms with E-state index in [9.17, 15) is 19.1 Å². The molecule has 3 amide bonds. The number of aliphatic hydroxyl groups is 1. The third kappa shape index (κ3) is 7.69. The number of carbonyl (C=O) groups excluding carboxylic acids is 2. The summed E-state index contributed by atoms with van der Waals surface area (Å²) in [5, 5.41) is 14.0. The van der Waals surface area contributed by atoms with Gasteiger partial charge in [0.15, 0.2) is 0 Å². The van der Waals surface area contributed by atoms with Crippen LogP contribution >= 0.6 is 0 Å². The van der Waals surface area contributed by atoms with Crippen LogP contribution in [0.15, 0.2) is 60.8 Å². The fourth-order valence-corrected chi connectivity index (χ4v) is 4.77. The van der Waals surface area contributed by atoms with E-state index < -0.39 is 17.3 Å². The number of urea groups is 1. The van der Waals surface area contributed by atoms with Gasteiger partial charge in [-0.05, 0) is 61.6 Å². The van der Waals surface area contributed by atoms with Gasteiger partial charge in [0.05, 0.1) is 11.8 Å². The van der Waals surface area contributed by atoms with Crippen LogP contribution in [0.3, 0.4) is 0 Å². The highest BCUT2D eigenvalue weighted by molar-refractivity contribution is 5.91. The average Bonchev–Trinajstić information content (AvgIpc) is 2.93. The number of rotatable bonds is 10. The number of likely N-dealkylation sites (tertiary alicyclic amines) is 1. The number of nitrogens with zero attached hydrogens (tertiary/aromatic N) is 2. The van der Waals surface area contributed by atoms with E-state index in [-0.39, 0.29) is 11.7 Å². The van der Waals surface area contributed by atoms with Crippen molar-refractivity contribution in [1.29, 1.82) is 0 Å². The lowest BCUT2D eigenvalue weighted by Crippen LogP contribution is -2.48. The summed E-state index contributed by atoms with van der Waals surface area (Å²) in [5.74, 6) is 0.844. The van der Waals surface area contributed by atoms with Gasteiger partial charge in [-0.2, -0.15) is 0 Å². The Kier molecular flexibility index (Phi) is 9.21. The summed E-state index contributed by atoms with van der Waals surface area (Å²) >= 11 is 0. The highest BCUT2D eigenvalue weighted by atomic mass is 19.1. The monoisotopic (exact) mass is 550 g/mol. The third-order valence-corrected chi connectivity index (χ3v) is 7.21. The standard InChI is InChI=1S/C30H35FN4O5/c1-3-20(4-2)18-30(38)11-13-35(14-12-30)29(37)34-22-15-25(39-23-7-5-21(31)6-8-23)17-26(16-22)40-24-9-10-27(28(32)36)33-19-24/h5-10,15-17,19-20,38H,3-4,11-14,18H2,1-2H3,(H2,32,36)(H,34,37). The molecule has 0 atom stereocenters. The first-order valence-corrected chi connectivity index (χ1v) is 13.5. The summed E-state index contributed by atoms with van der Waals surface area (Å²) in [4.78, 5) is 30.1. The Labute approximate surface area is 233 Å². The molecule has 1 aliphatic heterocycles. The van der Waals surface area contributed by atoms with Gasteiger partial charge < -0.3 is 30.5 Å². The van der Waals surface area contributed by atoms with Gasteiger partial charge in [-0.25, -0.2) is 14.2 Å². The molecule has 0 unspecified atom stereocenters. The summed E-state index contributed by atoms with van der Waals surface area (Å²) in [6.45, 7) is 5.15. The maximum atomic E-state index is 13.4. The number of amides is 3. The van der Waals surface area contributed by atoms with Crippen LogP contribution in [0.1, 0.15) is 56.4 Å². The molecule has 9 nitrogen and oxygen atoms in total. The van der Waals surface area contributed by atoms with Crippen molar-refractivity contribution < 1.29 is 28.6 Å². The van der Waals surface area contributed by atoms with Crippen molar-refractivity contribution in [3.05, 3.63) is 72.3 Å². The van der Waals surface area contributed by atoms with Crippen molar-refractivity contribution in [2.24, 2.45) is 11.7 Å². The summed E-state index contributed by atoms with van der Waals surface area (Å²) < 4.78 is 25.2. The molecule has 0 spiro atoms. The smallest absolute Gasteiger partial charge is 0.321 e. The molecule has 40 heavy (non-hydrogen) atoms. The van der Waals surface area contributed by atoms with E-state index in [0.29, 0.717) is 60.5 Å². The number of pyridine rings is 1. The maximum Gasteiger partial charge on any atom is 0.321 e. The van der Waals surface area contributed by atoms with Crippen molar-refractivity contribution in [3.63, 3.8) is 0 Å². The lowest BCUT2D eigenvalue weighted by Gasteiger charge is -2.39. The normalized spacial score (nSPS) is 14.6. The van der Waals surface area contributed by atoms with Gasteiger partial charge in [-0.15, -0.1) is 0 Å². The second kappa shape index (κ2) is 12.8. The third-order valence-electron chi connectivity index (χ3n) is 7.21. The molecule has 1 saturated heterocycles. The summed E-state index contributed by atoms with van der Waals surface area (Å²) in [7, 11) is 0. The Bertz CT molecular complexity index is 1300. The molecule has 2 heterocycles. The van der Waals surface area contributed by atoms with E-state index in [1.165, 1.54) is 36.5 Å². The fraction of sp³-hybridized carbons (Fsp3) is 0.367. The fourth-order valence-electron chi connectivity index (χ4n) is 4.77. The predicted octanol–water partition coefficient (Wildman–Crippen LogP) is 6.09. The maximum absolute atomic E-state index is 13.4. The number of anilines is 1. The van der Waals surface area contributed by atoms with E-state index in [2.05, 4.69) is 24.1 Å². The minimum Gasteiger partial charge on any atom is -0.457 e. The number of carbonyl (C=O) groups is 2. The van der Waals surface area contributed by atoms with Crippen LogP contribution in [-0.4, -0.2) is 45.6 Å². The molecular weight excluding hydrogens is 515 g/mol. The highest BCUT2D eigenvalue weighted by Crippen LogP contribution is 2.34. The first-order chi connectivity index (χ1) is 19.2. The highest BCUT2D eigenvalue weighted by Gasteiger charge is 2.35. The molecule has 10 heteroatoms. The van der Waals surface area contributed by atoms with Crippen molar-refractivity contribution in [2.75, 3.05) is 18.4 Å². The van der Waals surface area contributed by atoms with E-state index in [1.807, 2.05) is 0 Å². The average molecular weight is 551 g/mol. The van der Waals surface area contributed by atoms with Crippen LogP contribution in [0.5, 0.6) is 23.0 Å². The molecule has 212 valence electrons. The molecule has 1 fully saturated rings. The van der Waals surface area contributed by atoms with Crippen LogP contribution < -0.4 is 20.5 Å². The quantitative estimate of drug-likeness (QED) is 0.280. The number of primary amides is 1. The molecule has 1 aromatic heterocycles. The zero-order chi connectivity index (χ0) is 28.7. The van der Waals surface area contributed by atoms with Crippen LogP contribution in [0.4, 0.5) is 14.9 Å². The molecule has 4 N–H and O–H groups in total. The largest absolute Gasteiger partial charge is 0.457 e. The zero-order valence-corrected chi connectivity index (χ0v) is 22.7. The number of hydrogen-bond acceptors (Lipinski definition) is 6. The predicted molar refractivity (Wildman–Crippen MR) is 149 cm³/mol. The summed E-state index contributed by atoms with van der Waals surface area (Å²) in [6.07, 6.45) is 5.20. The Balaban J connectivity index is 1.49. The Morgan fingerprint density at radius 3 is 2.15 bits per heavy atom. The molecule has 3 aromatic rings. The molecule has 0 aliphatic carbocycles. The molecule has 0 bridgehead atoms. The van der Waals surface area contributed by atoms with Gasteiger partial charge in [-0.1, -0.05) is 26.7 Å². The first-order valence-electron chi connectivity index (χ1n) is 13.5. The number of ether oxygens (including phenoxy) is 2. The minimum atomic E-state index is -0.754. The number of hydrogen-bond donors (Lipinski definition) is 3. The second-order valence-corrected chi connectivity index (χ2v) is 10.1. The number of benzene rings is 2. The lowest BCUT2D eigenvalue weighted by atomic mass is 9.81. The Morgan fingerprint density at radius 2 is 1.60 bits per heavy atom. The van der Waals surface area contributed by atoms with Crippen LogP contribution in [-0.2, 0) is 0 Å². The van der Waals surface area contributed by atoms with E-state index >= 15 is 0 Å². The van der Waals surface area contributed by atoms with Crippen LogP contribution in [0.2, 0.25) is 0 Å². The van der Waals surface area contributed by atoms with Crippen molar-refractivity contribution in [1.82, 2.24) is 9.88 Å². The Morgan fingerprint density at radius 1 is 1.00 bits per heavy atom. The topological polar surface area (TPSA) is 127 Å². The van der Waals surface area contributed by atoms with Crippen LogP contribution in [0, 0.1) is 11.7 Å². The van der Waals surface area contributed by atoms with E-state index in [1.54, 1.807) is 29.2 Å². The van der Waals surface area contributed by atoms with E-state index in [4.69, 9.17) is 15.2 Å². The SMILES string of the molecule is CCC(CC)CC1(O)CCN(C(=O)Nc2cc(Oc3ccc(F)cc3)cc(Oc3ccc(C(N)=O)nc3)c2)CC1.